The Morgan fingerprint density at radius 3 is 2.77 bits per heavy atom. The van der Waals surface area contributed by atoms with Crippen LogP contribution in [-0.4, -0.2) is 15.4 Å². The second-order valence-electron chi connectivity index (χ2n) is 3.33. The van der Waals surface area contributed by atoms with Gasteiger partial charge in [0.15, 0.2) is 5.78 Å². The summed E-state index contributed by atoms with van der Waals surface area (Å²) in [6.45, 7) is 6.00. The van der Waals surface area contributed by atoms with Crippen molar-refractivity contribution in [2.75, 3.05) is 0 Å². The average Bonchev–Trinajstić information content (AvgIpc) is 2.51. The minimum absolute atomic E-state index is 0.182. The average molecular weight is 198 g/mol. The summed E-state index contributed by atoms with van der Waals surface area (Å²) in [6.07, 6.45) is 1.65. The number of carbonyl (C=O) groups excluding carboxylic acids is 1. The van der Waals surface area contributed by atoms with Crippen molar-refractivity contribution in [2.24, 2.45) is 5.92 Å². The summed E-state index contributed by atoms with van der Waals surface area (Å²) in [7, 11) is 0. The second kappa shape index (κ2) is 4.46. The van der Waals surface area contributed by atoms with Crippen LogP contribution in [0.1, 0.15) is 42.1 Å². The first-order valence-corrected chi connectivity index (χ1v) is 5.24. The van der Waals surface area contributed by atoms with E-state index in [4.69, 9.17) is 0 Å². The van der Waals surface area contributed by atoms with Gasteiger partial charge < -0.3 is 0 Å². The van der Waals surface area contributed by atoms with Gasteiger partial charge >= 0.3 is 0 Å². The lowest BCUT2D eigenvalue weighted by atomic mass is 10.0. The lowest BCUT2D eigenvalue weighted by Gasteiger charge is -2.04. The second-order valence-corrected chi connectivity index (χ2v) is 4.08. The summed E-state index contributed by atoms with van der Waals surface area (Å²) in [5, 5.41) is 3.82. The molecule has 0 aliphatic heterocycles. The van der Waals surface area contributed by atoms with E-state index in [1.807, 2.05) is 6.92 Å². The summed E-state index contributed by atoms with van der Waals surface area (Å²) >= 11 is 1.20. The van der Waals surface area contributed by atoms with Gasteiger partial charge in [0.2, 0.25) is 0 Å². The van der Waals surface area contributed by atoms with Gasteiger partial charge in [0.05, 0.1) is 5.69 Å². The predicted octanol–water partition coefficient (Wildman–Crippen LogP) is 2.47. The minimum atomic E-state index is 0.182. The third-order valence-corrected chi connectivity index (χ3v) is 3.00. The highest BCUT2D eigenvalue weighted by Gasteiger charge is 2.15. The summed E-state index contributed by atoms with van der Waals surface area (Å²) in [5.41, 5.74) is 0.762. The molecule has 1 unspecified atom stereocenters. The first kappa shape index (κ1) is 10.3. The highest BCUT2D eigenvalue weighted by Crippen LogP contribution is 2.16. The molecular formula is C9H14N2OS. The van der Waals surface area contributed by atoms with Gasteiger partial charge in [-0.2, -0.15) is 0 Å². The monoisotopic (exact) mass is 198 g/mol. The molecule has 0 bridgehead atoms. The van der Waals surface area contributed by atoms with Crippen molar-refractivity contribution >= 4 is 17.3 Å². The molecule has 0 N–H and O–H groups in total. The molecule has 0 saturated carbocycles. The lowest BCUT2D eigenvalue weighted by Crippen LogP contribution is -2.04. The van der Waals surface area contributed by atoms with Gasteiger partial charge in [0.25, 0.3) is 0 Å². The Hall–Kier alpha value is -0.770. The Morgan fingerprint density at radius 2 is 2.31 bits per heavy atom. The number of hydrogen-bond donors (Lipinski definition) is 0. The summed E-state index contributed by atoms with van der Waals surface area (Å²) in [5.74, 6) is 0.635. The lowest BCUT2D eigenvalue weighted by molar-refractivity contribution is 0.0967. The van der Waals surface area contributed by atoms with Crippen LogP contribution < -0.4 is 0 Å². The van der Waals surface area contributed by atoms with Crippen molar-refractivity contribution in [3.05, 3.63) is 10.6 Å². The predicted molar refractivity (Wildman–Crippen MR) is 53.0 cm³/mol. The zero-order valence-electron chi connectivity index (χ0n) is 8.20. The number of aromatic nitrogens is 2. The van der Waals surface area contributed by atoms with Crippen LogP contribution in [0.25, 0.3) is 0 Å². The molecule has 3 nitrogen and oxygen atoms in total. The summed E-state index contributed by atoms with van der Waals surface area (Å²) in [6, 6.07) is 0. The van der Waals surface area contributed by atoms with E-state index in [0.717, 1.165) is 17.0 Å². The van der Waals surface area contributed by atoms with E-state index in [1.54, 1.807) is 0 Å². The number of carbonyl (C=O) groups is 1. The van der Waals surface area contributed by atoms with Crippen LogP contribution in [0.2, 0.25) is 0 Å². The Kier molecular flexibility index (Phi) is 3.54. The van der Waals surface area contributed by atoms with Crippen LogP contribution in [0.15, 0.2) is 0 Å². The molecule has 0 radical (unpaired) electrons. The largest absolute Gasteiger partial charge is 0.293 e. The van der Waals surface area contributed by atoms with E-state index in [1.165, 1.54) is 11.5 Å². The molecule has 13 heavy (non-hydrogen) atoms. The first-order chi connectivity index (χ1) is 6.15. The number of nitrogens with zero attached hydrogens (tertiary/aromatic N) is 2. The molecule has 1 rings (SSSR count). The fourth-order valence-corrected chi connectivity index (χ4v) is 1.64. The first-order valence-electron chi connectivity index (χ1n) is 4.47. The van der Waals surface area contributed by atoms with E-state index in [0.29, 0.717) is 12.3 Å². The molecule has 1 aromatic heterocycles. The van der Waals surface area contributed by atoms with Gasteiger partial charge in [0.1, 0.15) is 4.88 Å². The van der Waals surface area contributed by atoms with Crippen molar-refractivity contribution in [3.63, 3.8) is 0 Å². The van der Waals surface area contributed by atoms with Gasteiger partial charge in [-0.05, 0) is 24.4 Å². The number of hydrogen-bond acceptors (Lipinski definition) is 4. The molecule has 1 atom stereocenters. The smallest absolute Gasteiger partial charge is 0.176 e. The molecule has 72 valence electrons. The molecule has 0 saturated heterocycles. The Morgan fingerprint density at radius 1 is 1.62 bits per heavy atom. The minimum Gasteiger partial charge on any atom is -0.293 e. The highest BCUT2D eigenvalue weighted by atomic mass is 32.1. The van der Waals surface area contributed by atoms with Crippen LogP contribution in [0, 0.1) is 12.8 Å². The zero-order chi connectivity index (χ0) is 9.84. The van der Waals surface area contributed by atoms with Crippen LogP contribution in [-0.2, 0) is 0 Å². The molecule has 1 heterocycles. The van der Waals surface area contributed by atoms with E-state index >= 15 is 0 Å². The van der Waals surface area contributed by atoms with Crippen LogP contribution in [0.5, 0.6) is 0 Å². The summed E-state index contributed by atoms with van der Waals surface area (Å²) < 4.78 is 3.75. The zero-order valence-corrected chi connectivity index (χ0v) is 9.02. The molecule has 0 amide bonds. The third kappa shape index (κ3) is 2.59. The normalized spacial score (nSPS) is 12.8. The molecule has 1 aromatic rings. The molecule has 0 aliphatic carbocycles. The Labute approximate surface area is 82.3 Å². The Bertz CT molecular complexity index is 296. The SMILES string of the molecule is CCC(C)CC(=O)c1snnc1C. The van der Waals surface area contributed by atoms with E-state index in [-0.39, 0.29) is 5.78 Å². The van der Waals surface area contributed by atoms with E-state index < -0.39 is 0 Å². The number of rotatable bonds is 4. The molecule has 0 aliphatic rings. The van der Waals surface area contributed by atoms with Crippen molar-refractivity contribution in [1.82, 2.24) is 9.59 Å². The molecule has 0 spiro atoms. The maximum atomic E-state index is 11.6. The number of Topliss-reactive ketones (excluding diaryl/α,β-unsaturated/α-hetero) is 1. The molecule has 4 heteroatoms. The maximum Gasteiger partial charge on any atom is 0.176 e. The topological polar surface area (TPSA) is 42.9 Å². The molecule has 0 fully saturated rings. The van der Waals surface area contributed by atoms with Crippen molar-refractivity contribution in [2.45, 2.75) is 33.6 Å². The quantitative estimate of drug-likeness (QED) is 0.698. The number of aryl methyl sites for hydroxylation is 1. The maximum absolute atomic E-state index is 11.6. The van der Waals surface area contributed by atoms with Gasteiger partial charge in [-0.3, -0.25) is 4.79 Å². The van der Waals surface area contributed by atoms with E-state index in [2.05, 4.69) is 23.4 Å². The van der Waals surface area contributed by atoms with Crippen molar-refractivity contribution < 1.29 is 4.79 Å². The van der Waals surface area contributed by atoms with E-state index in [9.17, 15) is 4.79 Å². The fourth-order valence-electron chi connectivity index (χ4n) is 1.04. The Balaban J connectivity index is 2.64. The molecule has 0 aromatic carbocycles. The van der Waals surface area contributed by atoms with Gasteiger partial charge in [-0.15, -0.1) is 5.10 Å². The van der Waals surface area contributed by atoms with Crippen molar-refractivity contribution in [1.29, 1.82) is 0 Å². The fraction of sp³-hybridized carbons (Fsp3) is 0.667. The van der Waals surface area contributed by atoms with Crippen molar-refractivity contribution in [3.8, 4) is 0 Å². The van der Waals surface area contributed by atoms with Gasteiger partial charge in [-0.25, -0.2) is 0 Å². The van der Waals surface area contributed by atoms with Crippen LogP contribution in [0.3, 0.4) is 0 Å². The van der Waals surface area contributed by atoms with Gasteiger partial charge in [-0.1, -0.05) is 24.8 Å². The van der Waals surface area contributed by atoms with Crippen LogP contribution in [0.4, 0.5) is 0 Å². The van der Waals surface area contributed by atoms with Gasteiger partial charge in [0, 0.05) is 6.42 Å². The standard InChI is InChI=1S/C9H14N2OS/c1-4-6(2)5-8(12)9-7(3)10-11-13-9/h6H,4-5H2,1-3H3. The highest BCUT2D eigenvalue weighted by molar-refractivity contribution is 7.08. The number of ketones is 1. The summed E-state index contributed by atoms with van der Waals surface area (Å²) in [4.78, 5) is 12.3. The third-order valence-electron chi connectivity index (χ3n) is 2.14. The molecular weight excluding hydrogens is 184 g/mol. The van der Waals surface area contributed by atoms with Crippen LogP contribution >= 0.6 is 11.5 Å².